The molecule has 3 nitrogen and oxygen atoms in total. The lowest BCUT2D eigenvalue weighted by atomic mass is 9.72. The topological polar surface area (TPSA) is 29.5 Å². The largest absolute Gasteiger partial charge is 0.445 e. The molecule has 0 N–H and O–H groups in total. The van der Waals surface area contributed by atoms with Crippen molar-refractivity contribution in [3.8, 4) is 0 Å². The Morgan fingerprint density at radius 3 is 1.97 bits per heavy atom. The summed E-state index contributed by atoms with van der Waals surface area (Å²) in [6.07, 6.45) is 9.12. The van der Waals surface area contributed by atoms with E-state index in [0.717, 1.165) is 24.8 Å². The smallest absolute Gasteiger partial charge is 0.410 e. The summed E-state index contributed by atoms with van der Waals surface area (Å²) in [5.74, 6) is 0. The number of hydrogen-bond acceptors (Lipinski definition) is 2. The van der Waals surface area contributed by atoms with Crippen LogP contribution in [0.2, 0.25) is 0 Å². The van der Waals surface area contributed by atoms with Crippen LogP contribution in [0.1, 0.15) is 55.2 Å². The van der Waals surface area contributed by atoms with Crippen molar-refractivity contribution in [1.29, 1.82) is 0 Å². The summed E-state index contributed by atoms with van der Waals surface area (Å²) in [5.41, 5.74) is 4.76. The molecule has 3 aromatic carbocycles. The second kappa shape index (κ2) is 10.3. The van der Waals surface area contributed by atoms with Gasteiger partial charge in [-0.25, -0.2) is 4.79 Å². The van der Waals surface area contributed by atoms with Gasteiger partial charge >= 0.3 is 6.09 Å². The summed E-state index contributed by atoms with van der Waals surface area (Å²) in [7, 11) is 0. The predicted molar refractivity (Wildman–Crippen MR) is 137 cm³/mol. The van der Waals surface area contributed by atoms with Gasteiger partial charge in [-0.2, -0.15) is 0 Å². The maximum absolute atomic E-state index is 13.5. The molecule has 1 aliphatic carbocycles. The van der Waals surface area contributed by atoms with E-state index in [9.17, 15) is 4.79 Å². The molecular weight excluding hydrogens is 418 g/mol. The van der Waals surface area contributed by atoms with Crippen LogP contribution in [0.4, 0.5) is 4.79 Å². The molecule has 1 atom stereocenters. The molecule has 1 heterocycles. The monoisotopic (exact) mass is 451 g/mol. The van der Waals surface area contributed by atoms with E-state index >= 15 is 0 Å². The summed E-state index contributed by atoms with van der Waals surface area (Å²) in [6.45, 7) is 0.909. The predicted octanol–water partition coefficient (Wildman–Crippen LogP) is 7.27. The minimum absolute atomic E-state index is 0.0248. The number of likely N-dealkylation sites (tertiary alicyclic amines) is 1. The maximum Gasteiger partial charge on any atom is 0.410 e. The molecule has 1 aliphatic heterocycles. The molecule has 1 amide bonds. The first-order chi connectivity index (χ1) is 16.7. The van der Waals surface area contributed by atoms with Gasteiger partial charge in [0.25, 0.3) is 0 Å². The lowest BCUT2D eigenvalue weighted by Gasteiger charge is -2.30. The first-order valence-electron chi connectivity index (χ1n) is 12.5. The highest BCUT2D eigenvalue weighted by Crippen LogP contribution is 2.45. The lowest BCUT2D eigenvalue weighted by Crippen LogP contribution is -2.38. The Morgan fingerprint density at radius 1 is 0.824 bits per heavy atom. The zero-order valence-electron chi connectivity index (χ0n) is 19.7. The van der Waals surface area contributed by atoms with Crippen molar-refractivity contribution in [2.75, 3.05) is 6.54 Å². The SMILES string of the molecule is O=C(OCc1ccccc1)N1CC(c2ccccc2)(c2ccccc2)CC1C=C1CCCCC1. The van der Waals surface area contributed by atoms with Crippen molar-refractivity contribution >= 4 is 6.09 Å². The highest BCUT2D eigenvalue weighted by molar-refractivity contribution is 5.70. The first kappa shape index (κ1) is 22.5. The Morgan fingerprint density at radius 2 is 1.38 bits per heavy atom. The van der Waals surface area contributed by atoms with Gasteiger partial charge in [0.15, 0.2) is 0 Å². The molecule has 1 unspecified atom stereocenters. The molecule has 1 saturated carbocycles. The number of allylic oxidation sites excluding steroid dienone is 1. The van der Waals surface area contributed by atoms with Gasteiger partial charge in [-0.15, -0.1) is 0 Å². The van der Waals surface area contributed by atoms with Crippen LogP contribution in [-0.2, 0) is 16.8 Å². The molecule has 5 rings (SSSR count). The summed E-state index contributed by atoms with van der Waals surface area (Å²) in [6, 6.07) is 31.3. The van der Waals surface area contributed by atoms with Crippen molar-refractivity contribution in [3.63, 3.8) is 0 Å². The van der Waals surface area contributed by atoms with E-state index in [1.54, 1.807) is 0 Å². The van der Waals surface area contributed by atoms with Gasteiger partial charge in [0.2, 0.25) is 0 Å². The molecule has 0 bridgehead atoms. The molecule has 0 radical (unpaired) electrons. The molecule has 0 spiro atoms. The standard InChI is InChI=1S/C31H33NO2/c33-30(34-23-26-15-7-2-8-16-26)32-24-31(27-17-9-3-10-18-27,28-19-11-4-12-20-28)22-29(32)21-25-13-5-1-6-14-25/h2-4,7-12,15-21,29H,1,5-6,13-14,22-24H2. The zero-order chi connectivity index (χ0) is 23.2. The number of carbonyl (C=O) groups is 1. The molecule has 2 fully saturated rings. The van der Waals surface area contributed by atoms with Crippen LogP contribution < -0.4 is 0 Å². The van der Waals surface area contributed by atoms with Gasteiger partial charge in [0.1, 0.15) is 6.61 Å². The van der Waals surface area contributed by atoms with Crippen LogP contribution in [0, 0.1) is 0 Å². The lowest BCUT2D eigenvalue weighted by molar-refractivity contribution is 0.0962. The van der Waals surface area contributed by atoms with E-state index < -0.39 is 0 Å². The number of hydrogen-bond donors (Lipinski definition) is 0. The Bertz CT molecular complexity index is 1060. The normalized spacial score (nSPS) is 19.6. The Kier molecular flexibility index (Phi) is 6.80. The molecule has 34 heavy (non-hydrogen) atoms. The number of ether oxygens (including phenoxy) is 1. The third-order valence-corrected chi connectivity index (χ3v) is 7.41. The summed E-state index contributed by atoms with van der Waals surface area (Å²) in [5, 5.41) is 0. The molecule has 1 saturated heterocycles. The van der Waals surface area contributed by atoms with E-state index in [0.29, 0.717) is 13.2 Å². The molecule has 3 aromatic rings. The van der Waals surface area contributed by atoms with Gasteiger partial charge in [-0.3, -0.25) is 0 Å². The van der Waals surface area contributed by atoms with Gasteiger partial charge < -0.3 is 9.64 Å². The third-order valence-electron chi connectivity index (χ3n) is 7.41. The van der Waals surface area contributed by atoms with Crippen molar-refractivity contribution in [2.24, 2.45) is 0 Å². The van der Waals surface area contributed by atoms with Crippen LogP contribution >= 0.6 is 0 Å². The fourth-order valence-electron chi connectivity index (χ4n) is 5.63. The number of nitrogens with zero attached hydrogens (tertiary/aromatic N) is 1. The fraction of sp³-hybridized carbons (Fsp3) is 0.323. The first-order valence-corrected chi connectivity index (χ1v) is 12.5. The Balaban J connectivity index is 1.49. The van der Waals surface area contributed by atoms with E-state index in [4.69, 9.17) is 4.74 Å². The van der Waals surface area contributed by atoms with Gasteiger partial charge in [-0.1, -0.05) is 109 Å². The second-order valence-electron chi connectivity index (χ2n) is 9.64. The van der Waals surface area contributed by atoms with Gasteiger partial charge in [0.05, 0.1) is 6.04 Å². The van der Waals surface area contributed by atoms with Gasteiger partial charge in [0, 0.05) is 12.0 Å². The van der Waals surface area contributed by atoms with E-state index in [2.05, 4.69) is 66.7 Å². The van der Waals surface area contributed by atoms with E-state index in [1.807, 2.05) is 35.2 Å². The number of benzene rings is 3. The average molecular weight is 452 g/mol. The van der Waals surface area contributed by atoms with E-state index in [-0.39, 0.29) is 17.6 Å². The van der Waals surface area contributed by atoms with Crippen molar-refractivity contribution in [1.82, 2.24) is 4.90 Å². The van der Waals surface area contributed by atoms with Crippen LogP contribution in [0.5, 0.6) is 0 Å². The van der Waals surface area contributed by atoms with Crippen LogP contribution in [0.3, 0.4) is 0 Å². The molecule has 3 heteroatoms. The van der Waals surface area contributed by atoms with Crippen molar-refractivity contribution in [3.05, 3.63) is 119 Å². The van der Waals surface area contributed by atoms with Gasteiger partial charge in [-0.05, 0) is 48.8 Å². The fourth-order valence-corrected chi connectivity index (χ4v) is 5.63. The molecular formula is C31H33NO2. The minimum Gasteiger partial charge on any atom is -0.445 e. The quantitative estimate of drug-likeness (QED) is 0.382. The van der Waals surface area contributed by atoms with Crippen LogP contribution in [0.25, 0.3) is 0 Å². The number of carbonyl (C=O) groups excluding carboxylic acids is 1. The Labute approximate surface area is 203 Å². The van der Waals surface area contributed by atoms with Crippen LogP contribution in [0.15, 0.2) is 103 Å². The molecule has 0 aromatic heterocycles. The highest BCUT2D eigenvalue weighted by Gasteiger charge is 2.48. The summed E-state index contributed by atoms with van der Waals surface area (Å²) >= 11 is 0. The summed E-state index contributed by atoms with van der Waals surface area (Å²) in [4.78, 5) is 15.5. The molecule has 2 aliphatic rings. The van der Waals surface area contributed by atoms with Crippen molar-refractivity contribution < 1.29 is 9.53 Å². The average Bonchev–Trinajstić information content (AvgIpc) is 3.30. The van der Waals surface area contributed by atoms with Crippen LogP contribution in [-0.4, -0.2) is 23.6 Å². The number of amides is 1. The van der Waals surface area contributed by atoms with E-state index in [1.165, 1.54) is 36.0 Å². The van der Waals surface area contributed by atoms with Crippen molar-refractivity contribution in [2.45, 2.75) is 56.6 Å². The minimum atomic E-state index is -0.259. The second-order valence-corrected chi connectivity index (χ2v) is 9.64. The molecule has 174 valence electrons. The number of rotatable bonds is 5. The Hall–Kier alpha value is -3.33. The maximum atomic E-state index is 13.5. The highest BCUT2D eigenvalue weighted by atomic mass is 16.6. The summed E-state index contributed by atoms with van der Waals surface area (Å²) < 4.78 is 5.85. The zero-order valence-corrected chi connectivity index (χ0v) is 19.7. The third kappa shape index (κ3) is 4.79.